The standard InChI is InChI=1S/C20H25NO4/c1-13-12-25-14(2)18(13)19(22)21-11-5-6-17(21)20(3,23)15-7-9-16(24-4)10-8-15/h7-10,12,17,23H,5-6,11H2,1-4H3/t17-,20-/m0/s1. The Morgan fingerprint density at radius 1 is 1.32 bits per heavy atom. The Bertz CT molecular complexity index is 741. The van der Waals surface area contributed by atoms with Gasteiger partial charge in [-0.15, -0.1) is 0 Å². The third kappa shape index (κ3) is 3.04. The molecule has 1 saturated heterocycles. The van der Waals surface area contributed by atoms with Crippen LogP contribution < -0.4 is 4.74 Å². The van der Waals surface area contributed by atoms with Gasteiger partial charge in [0.2, 0.25) is 0 Å². The second-order valence-corrected chi connectivity index (χ2v) is 6.88. The summed E-state index contributed by atoms with van der Waals surface area (Å²) in [5, 5.41) is 11.2. The molecule has 1 fully saturated rings. The molecule has 5 heteroatoms. The van der Waals surface area contributed by atoms with Crippen LogP contribution in [0.15, 0.2) is 34.9 Å². The van der Waals surface area contributed by atoms with Crippen molar-refractivity contribution in [1.82, 2.24) is 4.90 Å². The molecule has 134 valence electrons. The topological polar surface area (TPSA) is 62.9 Å². The van der Waals surface area contributed by atoms with Gasteiger partial charge in [-0.2, -0.15) is 0 Å². The molecule has 1 aliphatic rings. The Morgan fingerprint density at radius 3 is 2.56 bits per heavy atom. The molecule has 2 heterocycles. The van der Waals surface area contributed by atoms with Crippen LogP contribution in [0.2, 0.25) is 0 Å². The number of benzene rings is 1. The van der Waals surface area contributed by atoms with E-state index in [-0.39, 0.29) is 11.9 Å². The van der Waals surface area contributed by atoms with Crippen molar-refractivity contribution in [1.29, 1.82) is 0 Å². The molecule has 0 bridgehead atoms. The van der Waals surface area contributed by atoms with E-state index in [4.69, 9.17) is 9.15 Å². The summed E-state index contributed by atoms with van der Waals surface area (Å²) in [6, 6.07) is 7.09. The summed E-state index contributed by atoms with van der Waals surface area (Å²) >= 11 is 0. The zero-order chi connectivity index (χ0) is 18.2. The van der Waals surface area contributed by atoms with E-state index in [1.807, 2.05) is 31.2 Å². The number of carbonyl (C=O) groups excluding carboxylic acids is 1. The zero-order valence-corrected chi connectivity index (χ0v) is 15.2. The van der Waals surface area contributed by atoms with Gasteiger partial charge in [0.1, 0.15) is 17.1 Å². The molecule has 0 radical (unpaired) electrons. The third-order valence-corrected chi connectivity index (χ3v) is 5.21. The lowest BCUT2D eigenvalue weighted by molar-refractivity contribution is -0.0178. The highest BCUT2D eigenvalue weighted by molar-refractivity contribution is 5.97. The first-order valence-corrected chi connectivity index (χ1v) is 8.58. The van der Waals surface area contributed by atoms with Crippen LogP contribution >= 0.6 is 0 Å². The van der Waals surface area contributed by atoms with Crippen molar-refractivity contribution in [3.63, 3.8) is 0 Å². The average Bonchev–Trinajstić information content (AvgIpc) is 3.22. The van der Waals surface area contributed by atoms with Crippen molar-refractivity contribution in [3.8, 4) is 5.75 Å². The fourth-order valence-corrected chi connectivity index (χ4v) is 3.75. The van der Waals surface area contributed by atoms with Crippen molar-refractivity contribution in [2.24, 2.45) is 0 Å². The number of carbonyl (C=O) groups is 1. The predicted octanol–water partition coefficient (Wildman–Crippen LogP) is 3.42. The van der Waals surface area contributed by atoms with E-state index in [1.165, 1.54) is 0 Å². The van der Waals surface area contributed by atoms with Crippen molar-refractivity contribution in [3.05, 3.63) is 53.0 Å². The SMILES string of the molecule is COc1ccc([C@](C)(O)[C@@H]2CCCN2C(=O)c2c(C)coc2C)cc1. The van der Waals surface area contributed by atoms with Crippen LogP contribution in [-0.2, 0) is 5.60 Å². The number of aliphatic hydroxyl groups is 1. The van der Waals surface area contributed by atoms with E-state index in [1.54, 1.807) is 32.1 Å². The van der Waals surface area contributed by atoms with Crippen LogP contribution in [0, 0.1) is 13.8 Å². The molecule has 2 aromatic rings. The molecule has 1 aliphatic heterocycles. The molecule has 1 N–H and O–H groups in total. The maximum absolute atomic E-state index is 13.1. The second-order valence-electron chi connectivity index (χ2n) is 6.88. The van der Waals surface area contributed by atoms with Crippen LogP contribution in [0.5, 0.6) is 5.75 Å². The number of ether oxygens (including phenoxy) is 1. The molecule has 1 aromatic heterocycles. The number of hydrogen-bond donors (Lipinski definition) is 1. The minimum absolute atomic E-state index is 0.0694. The van der Waals surface area contributed by atoms with Crippen molar-refractivity contribution in [2.45, 2.75) is 45.3 Å². The van der Waals surface area contributed by atoms with Crippen molar-refractivity contribution in [2.75, 3.05) is 13.7 Å². The number of rotatable bonds is 4. The lowest BCUT2D eigenvalue weighted by Crippen LogP contribution is -2.48. The lowest BCUT2D eigenvalue weighted by atomic mass is 9.86. The predicted molar refractivity (Wildman–Crippen MR) is 94.8 cm³/mol. The number of methoxy groups -OCH3 is 1. The molecule has 25 heavy (non-hydrogen) atoms. The Balaban J connectivity index is 1.90. The Hall–Kier alpha value is -2.27. The fourth-order valence-electron chi connectivity index (χ4n) is 3.75. The van der Waals surface area contributed by atoms with Gasteiger partial charge < -0.3 is 19.2 Å². The molecular formula is C20H25NO4. The summed E-state index contributed by atoms with van der Waals surface area (Å²) in [6.45, 7) is 6.09. The zero-order valence-electron chi connectivity index (χ0n) is 15.2. The summed E-state index contributed by atoms with van der Waals surface area (Å²) in [6.07, 6.45) is 3.24. The van der Waals surface area contributed by atoms with Crippen molar-refractivity contribution < 1.29 is 19.1 Å². The molecule has 0 aliphatic carbocycles. The minimum atomic E-state index is -1.13. The van der Waals surface area contributed by atoms with Crippen LogP contribution in [0.1, 0.15) is 47.0 Å². The Kier molecular flexibility index (Phi) is 4.60. The van der Waals surface area contributed by atoms with E-state index in [0.29, 0.717) is 17.9 Å². The summed E-state index contributed by atoms with van der Waals surface area (Å²) in [5.41, 5.74) is 1.08. The van der Waals surface area contributed by atoms with Gasteiger partial charge in [-0.25, -0.2) is 0 Å². The first-order chi connectivity index (χ1) is 11.9. The quantitative estimate of drug-likeness (QED) is 0.924. The Labute approximate surface area is 148 Å². The first kappa shape index (κ1) is 17.5. The fraction of sp³-hybridized carbons (Fsp3) is 0.450. The average molecular weight is 343 g/mol. The highest BCUT2D eigenvalue weighted by atomic mass is 16.5. The van der Waals surface area contributed by atoms with Gasteiger partial charge in [0.05, 0.1) is 25.0 Å². The monoisotopic (exact) mass is 343 g/mol. The largest absolute Gasteiger partial charge is 0.497 e. The number of furan rings is 1. The number of hydrogen-bond acceptors (Lipinski definition) is 4. The van der Waals surface area contributed by atoms with Crippen LogP contribution in [0.4, 0.5) is 0 Å². The minimum Gasteiger partial charge on any atom is -0.497 e. The van der Waals surface area contributed by atoms with Gasteiger partial charge in [0.25, 0.3) is 5.91 Å². The third-order valence-electron chi connectivity index (χ3n) is 5.21. The first-order valence-electron chi connectivity index (χ1n) is 8.58. The maximum atomic E-state index is 13.1. The smallest absolute Gasteiger partial charge is 0.258 e. The van der Waals surface area contributed by atoms with Gasteiger partial charge >= 0.3 is 0 Å². The van der Waals surface area contributed by atoms with E-state index >= 15 is 0 Å². The van der Waals surface area contributed by atoms with E-state index < -0.39 is 5.60 Å². The van der Waals surface area contributed by atoms with Crippen LogP contribution in [0.25, 0.3) is 0 Å². The highest BCUT2D eigenvalue weighted by Gasteiger charge is 2.43. The Morgan fingerprint density at radius 2 is 2.00 bits per heavy atom. The molecule has 0 unspecified atom stereocenters. The van der Waals surface area contributed by atoms with Gasteiger partial charge in [-0.05, 0) is 51.3 Å². The second kappa shape index (κ2) is 6.56. The maximum Gasteiger partial charge on any atom is 0.258 e. The molecule has 0 saturated carbocycles. The molecule has 1 aromatic carbocycles. The van der Waals surface area contributed by atoms with E-state index in [0.717, 1.165) is 29.7 Å². The highest BCUT2D eigenvalue weighted by Crippen LogP contribution is 2.36. The number of nitrogens with zero attached hydrogens (tertiary/aromatic N) is 1. The normalized spacial score (nSPS) is 19.7. The van der Waals surface area contributed by atoms with Gasteiger partial charge in [0.15, 0.2) is 0 Å². The number of aryl methyl sites for hydroxylation is 2. The molecule has 3 rings (SSSR count). The van der Waals surface area contributed by atoms with Gasteiger partial charge in [-0.3, -0.25) is 4.79 Å². The molecule has 5 nitrogen and oxygen atoms in total. The molecular weight excluding hydrogens is 318 g/mol. The van der Waals surface area contributed by atoms with Crippen LogP contribution in [0.3, 0.4) is 0 Å². The van der Waals surface area contributed by atoms with Gasteiger partial charge in [0, 0.05) is 12.1 Å². The summed E-state index contributed by atoms with van der Waals surface area (Å²) in [7, 11) is 1.61. The van der Waals surface area contributed by atoms with E-state index in [2.05, 4.69) is 0 Å². The molecule has 2 atom stereocenters. The number of likely N-dealkylation sites (tertiary alicyclic amines) is 1. The summed E-state index contributed by atoms with van der Waals surface area (Å²) in [5.74, 6) is 1.29. The van der Waals surface area contributed by atoms with Crippen LogP contribution in [-0.4, -0.2) is 35.6 Å². The summed E-state index contributed by atoms with van der Waals surface area (Å²) < 4.78 is 10.6. The molecule has 1 amide bonds. The summed E-state index contributed by atoms with van der Waals surface area (Å²) in [4.78, 5) is 14.9. The lowest BCUT2D eigenvalue weighted by Gasteiger charge is -2.37. The molecule has 0 spiro atoms. The van der Waals surface area contributed by atoms with Gasteiger partial charge in [-0.1, -0.05) is 12.1 Å². The van der Waals surface area contributed by atoms with Crippen molar-refractivity contribution >= 4 is 5.91 Å². The number of amides is 1. The van der Waals surface area contributed by atoms with E-state index in [9.17, 15) is 9.90 Å².